The number of methoxy groups -OCH3 is 1. The van der Waals surface area contributed by atoms with Crippen LogP contribution in [0.25, 0.3) is 0 Å². The minimum atomic E-state index is -4.10. The quantitative estimate of drug-likeness (QED) is 0.546. The third-order valence-electron chi connectivity index (χ3n) is 5.68. The van der Waals surface area contributed by atoms with Crippen LogP contribution in [0.5, 0.6) is 5.75 Å². The van der Waals surface area contributed by atoms with Gasteiger partial charge in [0.25, 0.3) is 10.0 Å². The molecule has 9 heteroatoms. The lowest BCUT2D eigenvalue weighted by molar-refractivity contribution is -0.151. The first-order chi connectivity index (χ1) is 15.8. The number of ether oxygens (including phenoxy) is 2. The third-order valence-corrected chi connectivity index (χ3v) is 7.47. The van der Waals surface area contributed by atoms with Crippen LogP contribution in [0.3, 0.4) is 0 Å². The summed E-state index contributed by atoms with van der Waals surface area (Å²) in [5.74, 6) is -0.593. The van der Waals surface area contributed by atoms with E-state index < -0.39 is 10.0 Å². The number of piperidine rings is 1. The maximum atomic E-state index is 13.7. The molecule has 8 nitrogen and oxygen atoms in total. The molecule has 2 aromatic carbocycles. The van der Waals surface area contributed by atoms with Gasteiger partial charge in [-0.05, 0) is 56.5 Å². The maximum Gasteiger partial charge on any atom is 0.309 e. The number of para-hydroxylation sites is 1. The van der Waals surface area contributed by atoms with Gasteiger partial charge in [0.1, 0.15) is 17.2 Å². The average molecular weight is 475 g/mol. The summed E-state index contributed by atoms with van der Waals surface area (Å²) in [6.45, 7) is 4.28. The molecule has 0 unspecified atom stereocenters. The average Bonchev–Trinajstić information content (AvgIpc) is 2.83. The van der Waals surface area contributed by atoms with Crippen LogP contribution < -0.4 is 9.04 Å². The highest BCUT2D eigenvalue weighted by molar-refractivity contribution is 7.93. The highest BCUT2D eigenvalue weighted by atomic mass is 32.2. The van der Waals surface area contributed by atoms with E-state index in [-0.39, 0.29) is 35.0 Å². The molecule has 178 valence electrons. The van der Waals surface area contributed by atoms with E-state index in [2.05, 4.69) is 0 Å². The molecular weight excluding hydrogens is 444 g/mol. The molecule has 0 radical (unpaired) electrons. The van der Waals surface area contributed by atoms with Crippen molar-refractivity contribution in [1.82, 2.24) is 4.90 Å². The fourth-order valence-electron chi connectivity index (χ4n) is 3.86. The van der Waals surface area contributed by atoms with E-state index in [4.69, 9.17) is 9.47 Å². The van der Waals surface area contributed by atoms with E-state index in [0.29, 0.717) is 38.2 Å². The van der Waals surface area contributed by atoms with Crippen LogP contribution in [-0.4, -0.2) is 58.5 Å². The summed E-state index contributed by atoms with van der Waals surface area (Å²) in [7, 11) is -2.69. The molecule has 1 saturated heterocycles. The van der Waals surface area contributed by atoms with Gasteiger partial charge in [-0.3, -0.25) is 13.9 Å². The van der Waals surface area contributed by atoms with E-state index in [1.165, 1.54) is 7.11 Å². The molecule has 1 heterocycles. The third kappa shape index (κ3) is 5.65. The number of nitrogens with zero attached hydrogens (tertiary/aromatic N) is 2. The summed E-state index contributed by atoms with van der Waals surface area (Å²) >= 11 is 0. The summed E-state index contributed by atoms with van der Waals surface area (Å²) in [4.78, 5) is 26.8. The van der Waals surface area contributed by atoms with E-state index in [0.717, 1.165) is 9.87 Å². The van der Waals surface area contributed by atoms with Crippen molar-refractivity contribution < 1.29 is 27.5 Å². The second kappa shape index (κ2) is 10.7. The van der Waals surface area contributed by atoms with Crippen molar-refractivity contribution in [1.29, 1.82) is 0 Å². The maximum absolute atomic E-state index is 13.7. The molecule has 0 spiro atoms. The number of carbonyl (C=O) groups excluding carboxylic acids is 2. The van der Waals surface area contributed by atoms with E-state index >= 15 is 0 Å². The van der Waals surface area contributed by atoms with Crippen LogP contribution in [0, 0.1) is 12.8 Å². The van der Waals surface area contributed by atoms with Crippen molar-refractivity contribution in [3.05, 3.63) is 54.1 Å². The minimum absolute atomic E-state index is 0.00247. The van der Waals surface area contributed by atoms with Crippen molar-refractivity contribution in [2.24, 2.45) is 5.92 Å². The summed E-state index contributed by atoms with van der Waals surface area (Å²) in [5.41, 5.74) is 1.14. The normalized spacial score (nSPS) is 14.6. The van der Waals surface area contributed by atoms with Crippen LogP contribution in [0.2, 0.25) is 0 Å². The predicted molar refractivity (Wildman–Crippen MR) is 125 cm³/mol. The number of sulfonamides is 1. The van der Waals surface area contributed by atoms with Gasteiger partial charge < -0.3 is 14.4 Å². The number of hydrogen-bond donors (Lipinski definition) is 0. The summed E-state index contributed by atoms with van der Waals surface area (Å²) in [5, 5.41) is 0. The second-order valence-corrected chi connectivity index (χ2v) is 9.74. The Hall–Kier alpha value is -3.07. The van der Waals surface area contributed by atoms with Gasteiger partial charge in [-0.25, -0.2) is 8.42 Å². The molecular formula is C24H30N2O6S. The van der Waals surface area contributed by atoms with Gasteiger partial charge in [0.15, 0.2) is 0 Å². The van der Waals surface area contributed by atoms with E-state index in [1.807, 2.05) is 0 Å². The Kier molecular flexibility index (Phi) is 7.97. The largest absolute Gasteiger partial charge is 0.495 e. The van der Waals surface area contributed by atoms with Crippen molar-refractivity contribution in [2.75, 3.05) is 37.7 Å². The zero-order valence-corrected chi connectivity index (χ0v) is 20.0. The second-order valence-electron chi connectivity index (χ2n) is 7.91. The first-order valence-corrected chi connectivity index (χ1v) is 12.4. The standard InChI is InChI=1S/C24H30N2O6S/c1-4-32-24(28)19-12-14-25(15-13-19)23(27)17-26(20-8-6-5-7-9-20)33(29,30)22-16-18(2)10-11-21(22)31-3/h5-11,16,19H,4,12-15,17H2,1-3H3. The van der Waals surface area contributed by atoms with Crippen molar-refractivity contribution in [3.8, 4) is 5.75 Å². The molecule has 33 heavy (non-hydrogen) atoms. The van der Waals surface area contributed by atoms with Gasteiger partial charge in [0.2, 0.25) is 5.91 Å². The minimum Gasteiger partial charge on any atom is -0.495 e. The van der Waals surface area contributed by atoms with Crippen LogP contribution in [0.15, 0.2) is 53.4 Å². The molecule has 3 rings (SSSR count). The topological polar surface area (TPSA) is 93.2 Å². The lowest BCUT2D eigenvalue weighted by atomic mass is 9.97. The van der Waals surface area contributed by atoms with E-state index in [9.17, 15) is 18.0 Å². The fourth-order valence-corrected chi connectivity index (χ4v) is 5.52. The van der Waals surface area contributed by atoms with Crippen LogP contribution in [0.4, 0.5) is 5.69 Å². The number of likely N-dealkylation sites (tertiary alicyclic amines) is 1. The fraction of sp³-hybridized carbons (Fsp3) is 0.417. The Morgan fingerprint density at radius 3 is 2.36 bits per heavy atom. The number of aryl methyl sites for hydroxylation is 1. The number of benzene rings is 2. The first-order valence-electron chi connectivity index (χ1n) is 10.9. The van der Waals surface area contributed by atoms with Gasteiger partial charge in [-0.15, -0.1) is 0 Å². The Morgan fingerprint density at radius 2 is 1.76 bits per heavy atom. The molecule has 1 aliphatic rings. The number of esters is 1. The van der Waals surface area contributed by atoms with Gasteiger partial charge >= 0.3 is 5.97 Å². The zero-order chi connectivity index (χ0) is 24.0. The van der Waals surface area contributed by atoms with E-state index in [1.54, 1.807) is 67.3 Å². The molecule has 0 atom stereocenters. The predicted octanol–water partition coefficient (Wildman–Crippen LogP) is 3.00. The van der Waals surface area contributed by atoms with Crippen molar-refractivity contribution >= 4 is 27.6 Å². The monoisotopic (exact) mass is 474 g/mol. The lowest BCUT2D eigenvalue weighted by Gasteiger charge is -2.33. The number of rotatable bonds is 8. The van der Waals surface area contributed by atoms with Crippen LogP contribution in [-0.2, 0) is 24.3 Å². The molecule has 0 aliphatic carbocycles. The summed E-state index contributed by atoms with van der Waals surface area (Å²) < 4.78 is 38.9. The molecule has 1 aliphatic heterocycles. The summed E-state index contributed by atoms with van der Waals surface area (Å²) in [6, 6.07) is 13.4. The van der Waals surface area contributed by atoms with Crippen LogP contribution >= 0.6 is 0 Å². The number of amides is 1. The first kappa shape index (κ1) is 24.6. The van der Waals surface area contributed by atoms with Crippen molar-refractivity contribution in [2.45, 2.75) is 31.6 Å². The van der Waals surface area contributed by atoms with Gasteiger partial charge in [0.05, 0.1) is 25.3 Å². The van der Waals surface area contributed by atoms with Crippen molar-refractivity contribution in [3.63, 3.8) is 0 Å². The summed E-state index contributed by atoms with van der Waals surface area (Å²) in [6.07, 6.45) is 0.989. The molecule has 2 aromatic rings. The Morgan fingerprint density at radius 1 is 1.09 bits per heavy atom. The Balaban J connectivity index is 1.85. The number of anilines is 1. The zero-order valence-electron chi connectivity index (χ0n) is 19.2. The molecule has 0 aromatic heterocycles. The lowest BCUT2D eigenvalue weighted by Crippen LogP contribution is -2.46. The van der Waals surface area contributed by atoms with Gasteiger partial charge in [0, 0.05) is 13.1 Å². The SMILES string of the molecule is CCOC(=O)C1CCN(C(=O)CN(c2ccccc2)S(=O)(=O)c2cc(C)ccc2OC)CC1. The smallest absolute Gasteiger partial charge is 0.309 e. The highest BCUT2D eigenvalue weighted by Gasteiger charge is 2.33. The molecule has 0 bridgehead atoms. The molecule has 1 amide bonds. The molecule has 1 fully saturated rings. The Bertz CT molecular complexity index is 1080. The molecule has 0 N–H and O–H groups in total. The number of carbonyl (C=O) groups is 2. The van der Waals surface area contributed by atoms with Gasteiger partial charge in [-0.2, -0.15) is 0 Å². The molecule has 0 saturated carbocycles. The number of hydrogen-bond acceptors (Lipinski definition) is 6. The van der Waals surface area contributed by atoms with Crippen LogP contribution in [0.1, 0.15) is 25.3 Å². The van der Waals surface area contributed by atoms with Gasteiger partial charge in [-0.1, -0.05) is 24.3 Å². The highest BCUT2D eigenvalue weighted by Crippen LogP contribution is 2.31. The Labute approximate surface area is 195 Å².